The molecule has 5 heteroatoms. The van der Waals surface area contributed by atoms with Gasteiger partial charge in [-0.15, -0.1) is 0 Å². The molecule has 1 saturated heterocycles. The summed E-state index contributed by atoms with van der Waals surface area (Å²) < 4.78 is 42.9. The molecular formula is C14H15F3O2. The second-order valence-electron chi connectivity index (χ2n) is 4.76. The molecule has 0 aliphatic carbocycles. The summed E-state index contributed by atoms with van der Waals surface area (Å²) in [7, 11) is 0. The zero-order chi connectivity index (χ0) is 13.9. The van der Waals surface area contributed by atoms with Gasteiger partial charge in [0.2, 0.25) is 0 Å². The average molecular weight is 272 g/mol. The van der Waals surface area contributed by atoms with E-state index in [-0.39, 0.29) is 18.1 Å². The Hall–Kier alpha value is -1.36. The zero-order valence-corrected chi connectivity index (χ0v) is 10.4. The lowest BCUT2D eigenvalue weighted by Gasteiger charge is -2.20. The summed E-state index contributed by atoms with van der Waals surface area (Å²) in [4.78, 5) is 12.0. The minimum atomic E-state index is -4.37. The Kier molecular flexibility index (Phi) is 4.24. The molecule has 1 aliphatic rings. The molecule has 1 fully saturated rings. The predicted octanol–water partition coefficient (Wildman–Crippen LogP) is 3.24. The van der Waals surface area contributed by atoms with E-state index in [4.69, 9.17) is 4.74 Å². The summed E-state index contributed by atoms with van der Waals surface area (Å²) in [6.45, 7) is 1.05. The van der Waals surface area contributed by atoms with Crippen molar-refractivity contribution in [3.8, 4) is 0 Å². The van der Waals surface area contributed by atoms with Gasteiger partial charge >= 0.3 is 6.18 Å². The number of ketones is 1. The Morgan fingerprint density at radius 1 is 1.37 bits per heavy atom. The number of ether oxygens (including phenoxy) is 1. The second kappa shape index (κ2) is 5.74. The number of carbonyl (C=O) groups excluding carboxylic acids is 1. The van der Waals surface area contributed by atoms with E-state index in [1.807, 2.05) is 0 Å². The van der Waals surface area contributed by atoms with Crippen LogP contribution in [-0.2, 0) is 22.1 Å². The quantitative estimate of drug-likeness (QED) is 0.844. The number of halogens is 3. The first-order valence-corrected chi connectivity index (χ1v) is 6.23. The lowest BCUT2D eigenvalue weighted by atomic mass is 9.92. The van der Waals surface area contributed by atoms with Crippen LogP contribution in [0.2, 0.25) is 0 Å². The van der Waals surface area contributed by atoms with Crippen molar-refractivity contribution in [2.45, 2.75) is 25.4 Å². The fourth-order valence-corrected chi connectivity index (χ4v) is 2.20. The van der Waals surface area contributed by atoms with Gasteiger partial charge in [-0.3, -0.25) is 4.79 Å². The first-order valence-electron chi connectivity index (χ1n) is 6.23. The largest absolute Gasteiger partial charge is 0.416 e. The van der Waals surface area contributed by atoms with Crippen LogP contribution in [0.5, 0.6) is 0 Å². The molecule has 1 unspecified atom stereocenters. The zero-order valence-electron chi connectivity index (χ0n) is 10.4. The molecule has 0 spiro atoms. The molecule has 2 nitrogen and oxygen atoms in total. The number of benzene rings is 1. The summed E-state index contributed by atoms with van der Waals surface area (Å²) in [6, 6.07) is 4.94. The Bertz CT molecular complexity index is 448. The van der Waals surface area contributed by atoms with Crippen LogP contribution >= 0.6 is 0 Å². The Morgan fingerprint density at radius 2 is 2.16 bits per heavy atom. The van der Waals surface area contributed by atoms with E-state index < -0.39 is 11.7 Å². The van der Waals surface area contributed by atoms with E-state index in [1.54, 1.807) is 6.07 Å². The van der Waals surface area contributed by atoms with Crippen LogP contribution in [0.1, 0.15) is 24.0 Å². The molecule has 0 amide bonds. The standard InChI is InChI=1S/C14H15F3O2/c15-14(16,17)12-5-1-3-10(7-12)8-13(18)11-4-2-6-19-9-11/h1,3,5,7,11H,2,4,6,8-9H2. The van der Waals surface area contributed by atoms with Gasteiger partial charge in [-0.25, -0.2) is 0 Å². The van der Waals surface area contributed by atoms with Gasteiger partial charge in [-0.05, 0) is 24.5 Å². The predicted molar refractivity (Wildman–Crippen MR) is 63.7 cm³/mol. The molecule has 19 heavy (non-hydrogen) atoms. The summed E-state index contributed by atoms with van der Waals surface area (Å²) in [5.74, 6) is -0.220. The molecule has 1 heterocycles. The van der Waals surface area contributed by atoms with E-state index in [2.05, 4.69) is 0 Å². The van der Waals surface area contributed by atoms with E-state index in [0.29, 0.717) is 18.8 Å². The van der Waals surface area contributed by atoms with E-state index in [9.17, 15) is 18.0 Å². The van der Waals surface area contributed by atoms with Crippen molar-refractivity contribution in [2.75, 3.05) is 13.2 Å². The van der Waals surface area contributed by atoms with Gasteiger partial charge < -0.3 is 4.74 Å². The minimum Gasteiger partial charge on any atom is -0.381 e. The Morgan fingerprint density at radius 3 is 2.79 bits per heavy atom. The minimum absolute atomic E-state index is 0.0396. The fraction of sp³-hybridized carbons (Fsp3) is 0.500. The highest BCUT2D eigenvalue weighted by Crippen LogP contribution is 2.29. The van der Waals surface area contributed by atoms with Crippen molar-refractivity contribution >= 4 is 5.78 Å². The van der Waals surface area contributed by atoms with Gasteiger partial charge in [-0.1, -0.05) is 18.2 Å². The first-order chi connectivity index (χ1) is 8.97. The Balaban J connectivity index is 2.04. The van der Waals surface area contributed by atoms with Crippen molar-refractivity contribution in [1.29, 1.82) is 0 Å². The topological polar surface area (TPSA) is 26.3 Å². The molecule has 1 atom stereocenters. The van der Waals surface area contributed by atoms with Crippen molar-refractivity contribution in [3.05, 3.63) is 35.4 Å². The molecule has 1 aromatic carbocycles. The van der Waals surface area contributed by atoms with Gasteiger partial charge in [-0.2, -0.15) is 13.2 Å². The lowest BCUT2D eigenvalue weighted by Crippen LogP contribution is -2.26. The number of alkyl halides is 3. The number of Topliss-reactive ketones (excluding diaryl/α,β-unsaturated/α-hetero) is 1. The number of rotatable bonds is 3. The number of carbonyl (C=O) groups is 1. The maximum atomic E-state index is 12.6. The van der Waals surface area contributed by atoms with Gasteiger partial charge in [0.1, 0.15) is 5.78 Å². The van der Waals surface area contributed by atoms with E-state index >= 15 is 0 Å². The van der Waals surface area contributed by atoms with Gasteiger partial charge in [0.05, 0.1) is 12.2 Å². The number of hydrogen-bond acceptors (Lipinski definition) is 2. The second-order valence-corrected chi connectivity index (χ2v) is 4.76. The van der Waals surface area contributed by atoms with E-state index in [0.717, 1.165) is 25.0 Å². The fourth-order valence-electron chi connectivity index (χ4n) is 2.20. The third-order valence-corrected chi connectivity index (χ3v) is 3.25. The molecule has 0 bridgehead atoms. The molecular weight excluding hydrogens is 257 g/mol. The third-order valence-electron chi connectivity index (χ3n) is 3.25. The van der Waals surface area contributed by atoms with Crippen LogP contribution in [0.4, 0.5) is 13.2 Å². The van der Waals surface area contributed by atoms with Crippen LogP contribution in [0.3, 0.4) is 0 Å². The normalized spacial score (nSPS) is 20.3. The van der Waals surface area contributed by atoms with Crippen LogP contribution in [-0.4, -0.2) is 19.0 Å². The van der Waals surface area contributed by atoms with Crippen LogP contribution in [0, 0.1) is 5.92 Å². The molecule has 0 N–H and O–H groups in total. The first kappa shape index (κ1) is 14.1. The smallest absolute Gasteiger partial charge is 0.381 e. The average Bonchev–Trinajstić information content (AvgIpc) is 2.39. The van der Waals surface area contributed by atoms with Gasteiger partial charge in [0, 0.05) is 18.9 Å². The number of hydrogen-bond donors (Lipinski definition) is 0. The molecule has 0 aromatic heterocycles. The van der Waals surface area contributed by atoms with Crippen LogP contribution in [0.15, 0.2) is 24.3 Å². The van der Waals surface area contributed by atoms with E-state index in [1.165, 1.54) is 6.07 Å². The monoisotopic (exact) mass is 272 g/mol. The van der Waals surface area contributed by atoms with Crippen molar-refractivity contribution in [1.82, 2.24) is 0 Å². The molecule has 0 radical (unpaired) electrons. The SMILES string of the molecule is O=C(Cc1cccc(C(F)(F)F)c1)C1CCCOC1. The van der Waals surface area contributed by atoms with Crippen molar-refractivity contribution in [2.24, 2.45) is 5.92 Å². The molecule has 1 aromatic rings. The highest BCUT2D eigenvalue weighted by Gasteiger charge is 2.30. The molecule has 2 rings (SSSR count). The highest BCUT2D eigenvalue weighted by molar-refractivity contribution is 5.83. The molecule has 1 aliphatic heterocycles. The van der Waals surface area contributed by atoms with Gasteiger partial charge in [0.15, 0.2) is 0 Å². The Labute approximate surface area is 109 Å². The molecule has 0 saturated carbocycles. The summed E-state index contributed by atoms with van der Waals surface area (Å²) in [5, 5.41) is 0. The van der Waals surface area contributed by atoms with Crippen molar-refractivity contribution in [3.63, 3.8) is 0 Å². The highest BCUT2D eigenvalue weighted by atomic mass is 19.4. The molecule has 104 valence electrons. The van der Waals surface area contributed by atoms with Crippen LogP contribution in [0.25, 0.3) is 0 Å². The maximum Gasteiger partial charge on any atom is 0.416 e. The summed E-state index contributed by atoms with van der Waals surface area (Å²) in [6.07, 6.45) is -2.73. The summed E-state index contributed by atoms with van der Waals surface area (Å²) >= 11 is 0. The maximum absolute atomic E-state index is 12.6. The van der Waals surface area contributed by atoms with Crippen LogP contribution < -0.4 is 0 Å². The summed E-state index contributed by atoms with van der Waals surface area (Å²) in [5.41, 5.74) is -0.303. The van der Waals surface area contributed by atoms with Crippen molar-refractivity contribution < 1.29 is 22.7 Å². The van der Waals surface area contributed by atoms with Gasteiger partial charge in [0.25, 0.3) is 0 Å². The lowest BCUT2D eigenvalue weighted by molar-refractivity contribution is -0.137. The third kappa shape index (κ3) is 3.80.